The second kappa shape index (κ2) is 8.63. The van der Waals surface area contributed by atoms with Crippen LogP contribution in [-0.2, 0) is 9.47 Å². The number of fused-ring (bicyclic) bond motifs is 1. The molecular formula is C27H34ClNO5. The number of aryl methyl sites for hydroxylation is 2. The fraction of sp³-hybridized carbons (Fsp3) is 0.556. The molecule has 1 fully saturated rings. The van der Waals surface area contributed by atoms with Crippen LogP contribution in [0.3, 0.4) is 0 Å². The highest BCUT2D eigenvalue weighted by atomic mass is 35.5. The number of ketones is 1. The number of methoxy groups -OCH3 is 1. The minimum absolute atomic E-state index is 0.157. The second-order valence-electron chi connectivity index (χ2n) is 10.6. The first kappa shape index (κ1) is 24.6. The number of ether oxygens (including phenoxy) is 3. The van der Waals surface area contributed by atoms with E-state index in [2.05, 4.69) is 6.08 Å². The Kier molecular flexibility index (Phi) is 6.26. The predicted molar refractivity (Wildman–Crippen MR) is 131 cm³/mol. The van der Waals surface area contributed by atoms with E-state index < -0.39 is 11.2 Å². The molecule has 0 radical (unpaired) electrons. The van der Waals surface area contributed by atoms with Crippen molar-refractivity contribution in [2.24, 2.45) is 11.8 Å². The number of piperidine rings is 1. The van der Waals surface area contributed by atoms with Crippen LogP contribution in [-0.4, -0.2) is 48.2 Å². The smallest absolute Gasteiger partial charge is 0.410 e. The van der Waals surface area contributed by atoms with Crippen LogP contribution >= 0.6 is 11.6 Å². The summed E-state index contributed by atoms with van der Waals surface area (Å²) < 4.78 is 17.7. The highest BCUT2D eigenvalue weighted by molar-refractivity contribution is 6.36. The summed E-state index contributed by atoms with van der Waals surface area (Å²) in [4.78, 5) is 28.0. The molecule has 0 unspecified atom stereocenters. The van der Waals surface area contributed by atoms with Gasteiger partial charge in [0.05, 0.1) is 17.7 Å². The van der Waals surface area contributed by atoms with Crippen molar-refractivity contribution < 1.29 is 23.8 Å². The Morgan fingerprint density at radius 2 is 1.85 bits per heavy atom. The Bertz CT molecular complexity index is 1090. The molecule has 1 aliphatic carbocycles. The van der Waals surface area contributed by atoms with Gasteiger partial charge >= 0.3 is 6.09 Å². The number of halogens is 1. The summed E-state index contributed by atoms with van der Waals surface area (Å²) in [5, 5.41) is 0.439. The molecule has 6 nitrogen and oxygen atoms in total. The minimum atomic E-state index is -1.25. The summed E-state index contributed by atoms with van der Waals surface area (Å²) >= 11 is 6.56. The van der Waals surface area contributed by atoms with Gasteiger partial charge in [0.2, 0.25) is 11.4 Å². The summed E-state index contributed by atoms with van der Waals surface area (Å²) in [7, 11) is 1.58. The lowest BCUT2D eigenvalue weighted by Crippen LogP contribution is -2.50. The molecule has 184 valence electrons. The lowest BCUT2D eigenvalue weighted by molar-refractivity contribution is 0.0186. The van der Waals surface area contributed by atoms with E-state index in [-0.39, 0.29) is 23.7 Å². The topological polar surface area (TPSA) is 65.1 Å². The van der Waals surface area contributed by atoms with Crippen LogP contribution < -0.4 is 4.74 Å². The van der Waals surface area contributed by atoms with Crippen molar-refractivity contribution >= 4 is 23.5 Å². The van der Waals surface area contributed by atoms with E-state index in [4.69, 9.17) is 25.8 Å². The zero-order valence-corrected chi connectivity index (χ0v) is 21.8. The maximum absolute atomic E-state index is 13.8. The summed E-state index contributed by atoms with van der Waals surface area (Å²) in [6.07, 6.45) is 5.44. The lowest BCUT2D eigenvalue weighted by Gasteiger charge is -2.39. The van der Waals surface area contributed by atoms with Gasteiger partial charge in [-0.25, -0.2) is 4.79 Å². The monoisotopic (exact) mass is 487 g/mol. The molecule has 2 heterocycles. The van der Waals surface area contributed by atoms with E-state index in [0.717, 1.165) is 29.5 Å². The molecule has 1 spiro atoms. The average molecular weight is 488 g/mol. The fourth-order valence-electron chi connectivity index (χ4n) is 5.26. The van der Waals surface area contributed by atoms with Gasteiger partial charge in [0, 0.05) is 19.0 Å². The number of benzene rings is 1. The van der Waals surface area contributed by atoms with Crippen molar-refractivity contribution in [2.45, 2.75) is 65.6 Å². The van der Waals surface area contributed by atoms with Crippen molar-refractivity contribution in [1.82, 2.24) is 4.90 Å². The van der Waals surface area contributed by atoms with Crippen molar-refractivity contribution in [2.75, 3.05) is 20.2 Å². The van der Waals surface area contributed by atoms with Gasteiger partial charge in [-0.3, -0.25) is 4.79 Å². The molecule has 1 saturated heterocycles. The SMILES string of the molecule is COC1=CC(C2CCN(C(=O)OC(C)(C)C)CC2)=C[C@@H](C)[C@]12Oc1c(C)cc(C)c(Cl)c1C2=O. The number of amides is 1. The molecule has 34 heavy (non-hydrogen) atoms. The Hall–Kier alpha value is -2.47. The molecular weight excluding hydrogens is 454 g/mol. The molecule has 0 aromatic heterocycles. The fourth-order valence-corrected chi connectivity index (χ4v) is 5.49. The van der Waals surface area contributed by atoms with E-state index in [0.29, 0.717) is 35.2 Å². The molecule has 0 saturated carbocycles. The molecule has 3 aliphatic rings. The van der Waals surface area contributed by atoms with E-state index >= 15 is 0 Å². The average Bonchev–Trinajstić information content (AvgIpc) is 3.07. The molecule has 2 atom stereocenters. The molecule has 0 bridgehead atoms. The largest absolute Gasteiger partial charge is 0.496 e. The van der Waals surface area contributed by atoms with Crippen LogP contribution in [0.2, 0.25) is 5.02 Å². The molecule has 1 amide bonds. The first-order valence-corrected chi connectivity index (χ1v) is 12.3. The van der Waals surface area contributed by atoms with Gasteiger partial charge in [-0.1, -0.05) is 30.7 Å². The van der Waals surface area contributed by atoms with Crippen molar-refractivity contribution in [3.8, 4) is 5.75 Å². The third-order valence-corrected chi connectivity index (χ3v) is 7.48. The highest BCUT2D eigenvalue weighted by Crippen LogP contribution is 2.51. The quantitative estimate of drug-likeness (QED) is 0.510. The molecule has 1 aromatic rings. The number of nitrogens with zero attached hydrogens (tertiary/aromatic N) is 1. The zero-order chi connectivity index (χ0) is 25.0. The highest BCUT2D eigenvalue weighted by Gasteiger charge is 2.58. The third-order valence-electron chi connectivity index (χ3n) is 7.00. The van der Waals surface area contributed by atoms with E-state index in [1.807, 2.05) is 53.7 Å². The van der Waals surface area contributed by atoms with Crippen molar-refractivity contribution in [1.29, 1.82) is 0 Å². The number of likely N-dealkylation sites (tertiary alicyclic amines) is 1. The van der Waals surface area contributed by atoms with E-state index in [1.165, 1.54) is 0 Å². The van der Waals surface area contributed by atoms with Gasteiger partial charge < -0.3 is 19.1 Å². The Labute approximate surface area is 206 Å². The lowest BCUT2D eigenvalue weighted by atomic mass is 9.74. The second-order valence-corrected chi connectivity index (χ2v) is 11.0. The van der Waals surface area contributed by atoms with Gasteiger partial charge in [0.25, 0.3) is 0 Å². The van der Waals surface area contributed by atoms with Crippen LogP contribution in [0.5, 0.6) is 5.75 Å². The van der Waals surface area contributed by atoms with Crippen molar-refractivity contribution in [3.05, 3.63) is 51.3 Å². The number of carbonyl (C=O) groups excluding carboxylic acids is 2. The van der Waals surface area contributed by atoms with Crippen LogP contribution in [0.15, 0.2) is 29.6 Å². The molecule has 4 rings (SSSR count). The number of Topliss-reactive ketones (excluding diaryl/α,β-unsaturated/α-hetero) is 1. The summed E-state index contributed by atoms with van der Waals surface area (Å²) in [6, 6.07) is 1.94. The first-order valence-electron chi connectivity index (χ1n) is 11.9. The predicted octanol–water partition coefficient (Wildman–Crippen LogP) is 6.02. The van der Waals surface area contributed by atoms with Crippen LogP contribution in [0.25, 0.3) is 0 Å². The number of allylic oxidation sites excluding steroid dienone is 2. The summed E-state index contributed by atoms with van der Waals surface area (Å²) in [5.41, 5.74) is 1.53. The number of hydrogen-bond donors (Lipinski definition) is 0. The number of rotatable bonds is 2. The minimum Gasteiger partial charge on any atom is -0.496 e. The van der Waals surface area contributed by atoms with Crippen LogP contribution in [0, 0.1) is 25.7 Å². The van der Waals surface area contributed by atoms with Crippen LogP contribution in [0.1, 0.15) is 62.0 Å². The van der Waals surface area contributed by atoms with E-state index in [1.54, 1.807) is 12.0 Å². The standard InChI is InChI=1S/C27H34ClNO5/c1-15-12-16(2)23-21(22(15)28)24(30)27(33-23)17(3)13-19(14-20(27)32-7)18-8-10-29(11-9-18)25(31)34-26(4,5)6/h12-14,17-18H,8-11H2,1-7H3/t17-,27+/m1/s1. The third kappa shape index (κ3) is 4.00. The summed E-state index contributed by atoms with van der Waals surface area (Å²) in [5.74, 6) is 0.895. The Morgan fingerprint density at radius 1 is 1.21 bits per heavy atom. The molecule has 2 aliphatic heterocycles. The zero-order valence-electron chi connectivity index (χ0n) is 21.1. The Balaban J connectivity index is 1.57. The molecule has 1 aromatic carbocycles. The van der Waals surface area contributed by atoms with Gasteiger partial charge in [0.15, 0.2) is 0 Å². The first-order chi connectivity index (χ1) is 15.9. The van der Waals surface area contributed by atoms with Gasteiger partial charge in [-0.05, 0) is 76.2 Å². The maximum atomic E-state index is 13.8. The van der Waals surface area contributed by atoms with Gasteiger partial charge in [-0.15, -0.1) is 0 Å². The van der Waals surface area contributed by atoms with E-state index in [9.17, 15) is 9.59 Å². The maximum Gasteiger partial charge on any atom is 0.410 e. The Morgan fingerprint density at radius 3 is 2.44 bits per heavy atom. The van der Waals surface area contributed by atoms with Gasteiger partial charge in [0.1, 0.15) is 17.1 Å². The number of carbonyl (C=O) groups is 2. The van der Waals surface area contributed by atoms with Gasteiger partial charge in [-0.2, -0.15) is 0 Å². The normalized spacial score (nSPS) is 25.0. The molecule has 0 N–H and O–H groups in total. The van der Waals surface area contributed by atoms with Crippen molar-refractivity contribution in [3.63, 3.8) is 0 Å². The van der Waals surface area contributed by atoms with Crippen LogP contribution in [0.4, 0.5) is 4.79 Å². The summed E-state index contributed by atoms with van der Waals surface area (Å²) in [6.45, 7) is 12.7. The number of hydrogen-bond acceptors (Lipinski definition) is 5. The molecule has 7 heteroatoms.